The highest BCUT2D eigenvalue weighted by molar-refractivity contribution is 5.88. The molecule has 0 spiro atoms. The summed E-state index contributed by atoms with van der Waals surface area (Å²) in [5.41, 5.74) is 1.74. The number of fused-ring (bicyclic) bond motifs is 1. The van der Waals surface area contributed by atoms with E-state index >= 15 is 0 Å². The molecule has 3 aliphatic rings. The van der Waals surface area contributed by atoms with Gasteiger partial charge >= 0.3 is 5.97 Å². The van der Waals surface area contributed by atoms with Gasteiger partial charge in [-0.15, -0.1) is 0 Å². The standard InChI is InChI=1S/C15H22O4/c1-14-7-3-4-10(13(16)17)11(14)5-6-12(14)15(2)18-8-9-19-15/h12H,3-9H2,1-2H3,(H,16,17)/t12-,14-/m0/s1. The van der Waals surface area contributed by atoms with Gasteiger partial charge in [-0.1, -0.05) is 12.5 Å². The summed E-state index contributed by atoms with van der Waals surface area (Å²) in [4.78, 5) is 11.4. The highest BCUT2D eigenvalue weighted by atomic mass is 16.7. The summed E-state index contributed by atoms with van der Waals surface area (Å²) < 4.78 is 11.7. The summed E-state index contributed by atoms with van der Waals surface area (Å²) in [6, 6.07) is 0. The quantitative estimate of drug-likeness (QED) is 0.835. The van der Waals surface area contributed by atoms with E-state index in [4.69, 9.17) is 9.47 Å². The van der Waals surface area contributed by atoms with Gasteiger partial charge in [0.1, 0.15) is 0 Å². The molecule has 2 fully saturated rings. The fourth-order valence-corrected chi connectivity index (χ4v) is 4.52. The zero-order chi connectivity index (χ0) is 13.7. The van der Waals surface area contributed by atoms with Crippen molar-refractivity contribution < 1.29 is 19.4 Å². The maximum absolute atomic E-state index is 11.4. The molecule has 1 aliphatic heterocycles. The zero-order valence-corrected chi connectivity index (χ0v) is 11.7. The molecule has 0 aromatic rings. The fourth-order valence-electron chi connectivity index (χ4n) is 4.52. The summed E-state index contributed by atoms with van der Waals surface area (Å²) in [6.45, 7) is 5.52. The molecule has 19 heavy (non-hydrogen) atoms. The lowest BCUT2D eigenvalue weighted by atomic mass is 9.66. The van der Waals surface area contributed by atoms with E-state index < -0.39 is 11.8 Å². The van der Waals surface area contributed by atoms with E-state index in [-0.39, 0.29) is 11.3 Å². The Balaban J connectivity index is 1.99. The van der Waals surface area contributed by atoms with Crippen LogP contribution >= 0.6 is 0 Å². The normalized spacial score (nSPS) is 37.5. The number of carboxylic acid groups (broad SMARTS) is 1. The smallest absolute Gasteiger partial charge is 0.331 e. The number of rotatable bonds is 2. The van der Waals surface area contributed by atoms with E-state index in [9.17, 15) is 9.90 Å². The Morgan fingerprint density at radius 1 is 1.26 bits per heavy atom. The number of aliphatic carboxylic acids is 1. The van der Waals surface area contributed by atoms with Crippen molar-refractivity contribution in [2.45, 2.75) is 51.7 Å². The zero-order valence-electron chi connectivity index (χ0n) is 11.7. The number of hydrogen-bond donors (Lipinski definition) is 1. The van der Waals surface area contributed by atoms with Crippen molar-refractivity contribution >= 4 is 5.97 Å². The number of ether oxygens (including phenoxy) is 2. The van der Waals surface area contributed by atoms with Crippen LogP contribution in [0, 0.1) is 11.3 Å². The molecular formula is C15H22O4. The molecule has 1 heterocycles. The van der Waals surface area contributed by atoms with Crippen molar-refractivity contribution in [1.82, 2.24) is 0 Å². The molecule has 2 aliphatic carbocycles. The predicted molar refractivity (Wildman–Crippen MR) is 69.7 cm³/mol. The number of carbonyl (C=O) groups is 1. The molecule has 0 bridgehead atoms. The minimum absolute atomic E-state index is 0.0644. The first-order chi connectivity index (χ1) is 8.97. The molecule has 1 saturated carbocycles. The summed E-state index contributed by atoms with van der Waals surface area (Å²) in [7, 11) is 0. The van der Waals surface area contributed by atoms with E-state index in [1.165, 1.54) is 0 Å². The van der Waals surface area contributed by atoms with Gasteiger partial charge in [0.2, 0.25) is 0 Å². The molecule has 0 aromatic heterocycles. The van der Waals surface area contributed by atoms with Gasteiger partial charge in [0.25, 0.3) is 0 Å². The van der Waals surface area contributed by atoms with Crippen LogP contribution in [0.1, 0.15) is 46.0 Å². The maximum atomic E-state index is 11.4. The lowest BCUT2D eigenvalue weighted by molar-refractivity contribution is -0.200. The van der Waals surface area contributed by atoms with Gasteiger partial charge in [-0.05, 0) is 44.4 Å². The van der Waals surface area contributed by atoms with Crippen molar-refractivity contribution in [3.05, 3.63) is 11.1 Å². The maximum Gasteiger partial charge on any atom is 0.331 e. The van der Waals surface area contributed by atoms with Crippen molar-refractivity contribution in [3.8, 4) is 0 Å². The van der Waals surface area contributed by atoms with E-state index in [1.54, 1.807) is 0 Å². The first kappa shape index (κ1) is 13.1. The molecule has 1 N–H and O–H groups in total. The third-order valence-corrected chi connectivity index (χ3v) is 5.38. The Bertz CT molecular complexity index is 433. The van der Waals surface area contributed by atoms with Crippen molar-refractivity contribution in [1.29, 1.82) is 0 Å². The second kappa shape index (κ2) is 4.32. The number of allylic oxidation sites excluding steroid dienone is 1. The van der Waals surface area contributed by atoms with Gasteiger partial charge in [0.05, 0.1) is 13.2 Å². The minimum Gasteiger partial charge on any atom is -0.478 e. The van der Waals surface area contributed by atoms with E-state index in [1.807, 2.05) is 6.92 Å². The van der Waals surface area contributed by atoms with Crippen LogP contribution in [-0.4, -0.2) is 30.1 Å². The summed E-state index contributed by atoms with van der Waals surface area (Å²) >= 11 is 0. The molecule has 1 saturated heterocycles. The van der Waals surface area contributed by atoms with Gasteiger partial charge in [-0.25, -0.2) is 4.79 Å². The van der Waals surface area contributed by atoms with Crippen molar-refractivity contribution in [2.75, 3.05) is 13.2 Å². The van der Waals surface area contributed by atoms with Crippen LogP contribution in [0.15, 0.2) is 11.1 Å². The molecule has 106 valence electrons. The SMILES string of the molecule is CC1([C@H]2CCC3=C(C(=O)O)CCC[C@@]32C)OCCO1. The average molecular weight is 266 g/mol. The van der Waals surface area contributed by atoms with Gasteiger partial charge in [-0.2, -0.15) is 0 Å². The Morgan fingerprint density at radius 2 is 1.95 bits per heavy atom. The molecular weight excluding hydrogens is 244 g/mol. The highest BCUT2D eigenvalue weighted by Gasteiger charge is 2.55. The molecule has 3 rings (SSSR count). The van der Waals surface area contributed by atoms with Gasteiger partial charge < -0.3 is 14.6 Å². The number of carboxylic acids is 1. The van der Waals surface area contributed by atoms with Crippen molar-refractivity contribution in [3.63, 3.8) is 0 Å². The summed E-state index contributed by atoms with van der Waals surface area (Å²) in [5, 5.41) is 9.40. The largest absolute Gasteiger partial charge is 0.478 e. The lowest BCUT2D eigenvalue weighted by Crippen LogP contribution is -2.44. The van der Waals surface area contributed by atoms with Crippen LogP contribution < -0.4 is 0 Å². The topological polar surface area (TPSA) is 55.8 Å². The number of hydrogen-bond acceptors (Lipinski definition) is 3. The molecule has 0 aromatic carbocycles. The molecule has 2 atom stereocenters. The minimum atomic E-state index is -0.736. The Hall–Kier alpha value is -0.870. The molecule has 4 nitrogen and oxygen atoms in total. The third kappa shape index (κ3) is 1.84. The van der Waals surface area contributed by atoms with E-state index in [2.05, 4.69) is 6.92 Å². The molecule has 0 unspecified atom stereocenters. The van der Waals surface area contributed by atoms with Gasteiger partial charge in [-0.3, -0.25) is 0 Å². The van der Waals surface area contributed by atoms with Crippen LogP contribution in [0.4, 0.5) is 0 Å². The van der Waals surface area contributed by atoms with Crippen LogP contribution in [0.25, 0.3) is 0 Å². The highest BCUT2D eigenvalue weighted by Crippen LogP contribution is 2.59. The van der Waals surface area contributed by atoms with Crippen LogP contribution in [-0.2, 0) is 14.3 Å². The Morgan fingerprint density at radius 3 is 2.58 bits per heavy atom. The monoisotopic (exact) mass is 266 g/mol. The first-order valence-corrected chi connectivity index (χ1v) is 7.21. The first-order valence-electron chi connectivity index (χ1n) is 7.21. The van der Waals surface area contributed by atoms with Crippen LogP contribution in [0.2, 0.25) is 0 Å². The fraction of sp³-hybridized carbons (Fsp3) is 0.800. The van der Waals surface area contributed by atoms with Crippen molar-refractivity contribution in [2.24, 2.45) is 11.3 Å². The van der Waals surface area contributed by atoms with Gasteiger partial charge in [0, 0.05) is 11.5 Å². The second-order valence-electron chi connectivity index (χ2n) is 6.34. The Kier molecular flexibility index (Phi) is 2.98. The van der Waals surface area contributed by atoms with E-state index in [0.717, 1.165) is 31.3 Å². The third-order valence-electron chi connectivity index (χ3n) is 5.38. The molecule has 4 heteroatoms. The molecule has 0 amide bonds. The second-order valence-corrected chi connectivity index (χ2v) is 6.34. The summed E-state index contributed by atoms with van der Waals surface area (Å²) in [5.74, 6) is -0.996. The lowest BCUT2D eigenvalue weighted by Gasteiger charge is -2.43. The summed E-state index contributed by atoms with van der Waals surface area (Å²) in [6.07, 6.45) is 4.57. The van der Waals surface area contributed by atoms with E-state index in [0.29, 0.717) is 25.2 Å². The van der Waals surface area contributed by atoms with Crippen LogP contribution in [0.3, 0.4) is 0 Å². The predicted octanol–water partition coefficient (Wildman–Crippen LogP) is 2.73. The Labute approximate surface area is 113 Å². The van der Waals surface area contributed by atoms with Gasteiger partial charge in [0.15, 0.2) is 5.79 Å². The average Bonchev–Trinajstić information content (AvgIpc) is 2.92. The molecule has 0 radical (unpaired) electrons. The van der Waals surface area contributed by atoms with Crippen LogP contribution in [0.5, 0.6) is 0 Å².